The van der Waals surface area contributed by atoms with Crippen LogP contribution in [0.2, 0.25) is 0 Å². The minimum absolute atomic E-state index is 0.0191. The van der Waals surface area contributed by atoms with Gasteiger partial charge in [0.1, 0.15) is 6.61 Å². The fourth-order valence-corrected chi connectivity index (χ4v) is 3.15. The summed E-state index contributed by atoms with van der Waals surface area (Å²) in [4.78, 5) is 25.1. The van der Waals surface area contributed by atoms with Gasteiger partial charge in [-0.1, -0.05) is 52.9 Å². The number of unbranched alkanes of at least 4 members (excludes halogenated alkanes) is 5. The molecule has 0 spiro atoms. The number of halogens is 5. The summed E-state index contributed by atoms with van der Waals surface area (Å²) in [5.41, 5.74) is -3.02. The fourth-order valence-electron chi connectivity index (χ4n) is 3.15. The second-order valence-corrected chi connectivity index (χ2v) is 7.32. The van der Waals surface area contributed by atoms with Crippen molar-refractivity contribution >= 4 is 11.9 Å². The van der Waals surface area contributed by atoms with Crippen molar-refractivity contribution in [3.8, 4) is 0 Å². The minimum atomic E-state index is -2.31. The van der Waals surface area contributed by atoms with E-state index in [0.29, 0.717) is 6.42 Å². The predicted octanol–water partition coefficient (Wildman–Crippen LogP) is 6.14. The van der Waals surface area contributed by atoms with Crippen molar-refractivity contribution in [2.24, 2.45) is 5.41 Å². The maximum atomic E-state index is 13.8. The summed E-state index contributed by atoms with van der Waals surface area (Å²) < 4.78 is 77.4. The highest BCUT2D eigenvalue weighted by atomic mass is 19.2. The Hall–Kier alpha value is -2.19. The molecule has 0 heterocycles. The van der Waals surface area contributed by atoms with Gasteiger partial charge in [0.25, 0.3) is 0 Å². The molecule has 1 aromatic rings. The summed E-state index contributed by atoms with van der Waals surface area (Å²) in [6.45, 7) is 4.07. The third-order valence-electron chi connectivity index (χ3n) is 5.37. The third kappa shape index (κ3) is 6.40. The quantitative estimate of drug-likeness (QED) is 0.0902. The van der Waals surface area contributed by atoms with Crippen molar-refractivity contribution in [2.45, 2.75) is 78.7 Å². The lowest BCUT2D eigenvalue weighted by Gasteiger charge is -2.27. The summed E-state index contributed by atoms with van der Waals surface area (Å²) in [6.07, 6.45) is 5.77. The van der Waals surface area contributed by atoms with Gasteiger partial charge in [0.15, 0.2) is 28.7 Å². The van der Waals surface area contributed by atoms with Crippen LogP contribution in [0.25, 0.3) is 0 Å². The van der Waals surface area contributed by atoms with Crippen LogP contribution in [0.3, 0.4) is 0 Å². The molecular weight excluding hydrogens is 423 g/mol. The Morgan fingerprint density at radius 3 is 1.65 bits per heavy atom. The highest BCUT2D eigenvalue weighted by Crippen LogP contribution is 2.31. The van der Waals surface area contributed by atoms with E-state index in [1.54, 1.807) is 0 Å². The van der Waals surface area contributed by atoms with E-state index in [-0.39, 0.29) is 19.4 Å². The standard InChI is InChI=1S/C22H29F5O4/c1-4-7-8-9-10-11-12-30-20(28)22(5-2,6-3)21(29)31-13-14-15(23)17(25)19(27)18(26)16(14)24/h4-13H2,1-3H3. The van der Waals surface area contributed by atoms with Gasteiger partial charge in [-0.15, -0.1) is 0 Å². The summed E-state index contributed by atoms with van der Waals surface area (Å²) >= 11 is 0. The van der Waals surface area contributed by atoms with Crippen LogP contribution in [0, 0.1) is 34.5 Å². The third-order valence-corrected chi connectivity index (χ3v) is 5.37. The van der Waals surface area contributed by atoms with Crippen molar-refractivity contribution in [3.05, 3.63) is 34.6 Å². The first-order valence-corrected chi connectivity index (χ1v) is 10.5. The molecule has 0 bridgehead atoms. The number of carbonyl (C=O) groups excluding carboxylic acids is 2. The van der Waals surface area contributed by atoms with E-state index in [4.69, 9.17) is 9.47 Å². The summed E-state index contributed by atoms with van der Waals surface area (Å²) in [7, 11) is 0. The zero-order chi connectivity index (χ0) is 23.6. The molecule has 0 unspecified atom stereocenters. The van der Waals surface area contributed by atoms with Gasteiger partial charge < -0.3 is 9.47 Å². The molecule has 1 rings (SSSR count). The second-order valence-electron chi connectivity index (χ2n) is 7.32. The molecule has 9 heteroatoms. The lowest BCUT2D eigenvalue weighted by atomic mass is 9.82. The van der Waals surface area contributed by atoms with Crippen LogP contribution in [0.5, 0.6) is 0 Å². The lowest BCUT2D eigenvalue weighted by Crippen LogP contribution is -2.41. The molecule has 0 saturated carbocycles. The van der Waals surface area contributed by atoms with Gasteiger partial charge in [-0.3, -0.25) is 9.59 Å². The van der Waals surface area contributed by atoms with Crippen molar-refractivity contribution in [3.63, 3.8) is 0 Å². The largest absolute Gasteiger partial charge is 0.465 e. The summed E-state index contributed by atoms with van der Waals surface area (Å²) in [6, 6.07) is 0. The van der Waals surface area contributed by atoms with Crippen molar-refractivity contribution in [2.75, 3.05) is 6.61 Å². The smallest absolute Gasteiger partial charge is 0.323 e. The van der Waals surface area contributed by atoms with Crippen molar-refractivity contribution in [1.29, 1.82) is 0 Å². The first kappa shape index (κ1) is 26.8. The minimum Gasteiger partial charge on any atom is -0.465 e. The number of benzene rings is 1. The van der Waals surface area contributed by atoms with E-state index in [0.717, 1.165) is 32.1 Å². The maximum Gasteiger partial charge on any atom is 0.323 e. The number of carbonyl (C=O) groups is 2. The maximum absolute atomic E-state index is 13.8. The Bertz CT molecular complexity index is 734. The number of esters is 2. The second kappa shape index (κ2) is 12.6. The average molecular weight is 452 g/mol. The van der Waals surface area contributed by atoms with Crippen LogP contribution in [-0.4, -0.2) is 18.5 Å². The van der Waals surface area contributed by atoms with Gasteiger partial charge in [0.05, 0.1) is 12.2 Å². The molecule has 176 valence electrons. The molecule has 0 aliphatic rings. The van der Waals surface area contributed by atoms with Crippen molar-refractivity contribution < 1.29 is 41.0 Å². The summed E-state index contributed by atoms with van der Waals surface area (Å²) in [5.74, 6) is -12.7. The Morgan fingerprint density at radius 1 is 0.677 bits per heavy atom. The fraction of sp³-hybridized carbons (Fsp3) is 0.636. The van der Waals surface area contributed by atoms with Crippen LogP contribution in [0.15, 0.2) is 0 Å². The molecule has 0 aliphatic heterocycles. The van der Waals surface area contributed by atoms with Crippen LogP contribution >= 0.6 is 0 Å². The topological polar surface area (TPSA) is 52.6 Å². The van der Waals surface area contributed by atoms with Gasteiger partial charge >= 0.3 is 11.9 Å². The number of rotatable bonds is 13. The van der Waals surface area contributed by atoms with Gasteiger partial charge in [-0.25, -0.2) is 22.0 Å². The van der Waals surface area contributed by atoms with Crippen LogP contribution < -0.4 is 0 Å². The zero-order valence-corrected chi connectivity index (χ0v) is 18.1. The first-order chi connectivity index (χ1) is 14.7. The SMILES string of the molecule is CCCCCCCCOC(=O)C(CC)(CC)C(=O)OCc1c(F)c(F)c(F)c(F)c1F. The van der Waals surface area contributed by atoms with E-state index in [9.17, 15) is 31.5 Å². The molecule has 0 aromatic heterocycles. The Labute approximate surface area is 179 Å². The van der Waals surface area contributed by atoms with Crippen LogP contribution in [0.1, 0.15) is 77.7 Å². The average Bonchev–Trinajstić information content (AvgIpc) is 2.77. The number of hydrogen-bond donors (Lipinski definition) is 0. The van der Waals surface area contributed by atoms with Gasteiger partial charge in [-0.05, 0) is 19.3 Å². The molecule has 0 fully saturated rings. The Kier molecular flexibility index (Phi) is 10.9. The van der Waals surface area contributed by atoms with Crippen molar-refractivity contribution in [1.82, 2.24) is 0 Å². The molecule has 0 radical (unpaired) electrons. The Morgan fingerprint density at radius 2 is 1.13 bits per heavy atom. The molecule has 4 nitrogen and oxygen atoms in total. The molecule has 1 aromatic carbocycles. The molecule has 31 heavy (non-hydrogen) atoms. The van der Waals surface area contributed by atoms with E-state index < -0.39 is 58.6 Å². The van der Waals surface area contributed by atoms with Crippen LogP contribution in [-0.2, 0) is 25.7 Å². The normalized spacial score (nSPS) is 11.5. The molecule has 0 aliphatic carbocycles. The van der Waals surface area contributed by atoms with E-state index >= 15 is 0 Å². The molecule has 0 N–H and O–H groups in total. The molecule has 0 atom stereocenters. The van der Waals surface area contributed by atoms with Gasteiger partial charge in [-0.2, -0.15) is 0 Å². The number of hydrogen-bond acceptors (Lipinski definition) is 4. The van der Waals surface area contributed by atoms with Gasteiger partial charge in [0.2, 0.25) is 5.82 Å². The van der Waals surface area contributed by atoms with Crippen LogP contribution in [0.4, 0.5) is 22.0 Å². The number of ether oxygens (including phenoxy) is 2. The zero-order valence-electron chi connectivity index (χ0n) is 18.1. The molecule has 0 amide bonds. The van der Waals surface area contributed by atoms with Gasteiger partial charge in [0, 0.05) is 0 Å². The van der Waals surface area contributed by atoms with E-state index in [1.165, 1.54) is 13.8 Å². The molecule has 0 saturated heterocycles. The monoisotopic (exact) mass is 452 g/mol. The first-order valence-electron chi connectivity index (χ1n) is 10.5. The molecular formula is C22H29F5O4. The Balaban J connectivity index is 2.80. The van der Waals surface area contributed by atoms with E-state index in [2.05, 4.69) is 6.92 Å². The summed E-state index contributed by atoms with van der Waals surface area (Å²) in [5, 5.41) is 0. The highest BCUT2D eigenvalue weighted by Gasteiger charge is 2.46. The highest BCUT2D eigenvalue weighted by molar-refractivity contribution is 6.00. The lowest BCUT2D eigenvalue weighted by molar-refractivity contribution is -0.174. The predicted molar refractivity (Wildman–Crippen MR) is 103 cm³/mol. The van der Waals surface area contributed by atoms with E-state index in [1.807, 2.05) is 0 Å².